The van der Waals surface area contributed by atoms with E-state index >= 15 is 0 Å². The van der Waals surface area contributed by atoms with Gasteiger partial charge in [-0.25, -0.2) is 0 Å². The molecule has 2 heteroatoms. The molecule has 0 unspecified atom stereocenters. The molecule has 0 saturated heterocycles. The molecule has 0 amide bonds. The highest BCUT2D eigenvalue weighted by molar-refractivity contribution is 5.98. The molecular weight excluding hydrogens is 150 g/mol. The Morgan fingerprint density at radius 1 is 1.42 bits per heavy atom. The van der Waals surface area contributed by atoms with Gasteiger partial charge in [0, 0.05) is 12.8 Å². The molecule has 0 bridgehead atoms. The first-order valence-electron chi connectivity index (χ1n) is 3.85. The zero-order valence-electron chi connectivity index (χ0n) is 7.66. The van der Waals surface area contributed by atoms with Gasteiger partial charge in [-0.1, -0.05) is 12.1 Å². The highest BCUT2D eigenvalue weighted by atomic mass is 16.5. The molecule has 12 heavy (non-hydrogen) atoms. The molecule has 1 aromatic rings. The minimum Gasteiger partial charge on any atom is -0.497 e. The van der Waals surface area contributed by atoms with E-state index in [1.165, 1.54) is 0 Å². The van der Waals surface area contributed by atoms with Crippen molar-refractivity contribution in [3.63, 3.8) is 0 Å². The van der Waals surface area contributed by atoms with Gasteiger partial charge < -0.3 is 4.74 Å². The van der Waals surface area contributed by atoms with Crippen LogP contribution in [0, 0.1) is 0 Å². The van der Waals surface area contributed by atoms with Crippen molar-refractivity contribution >= 4 is 5.71 Å². The summed E-state index contributed by atoms with van der Waals surface area (Å²) in [6.45, 7) is 1.98. The molecule has 0 spiro atoms. The Hall–Kier alpha value is -1.31. The quantitative estimate of drug-likeness (QED) is 0.612. The molecule has 0 aliphatic heterocycles. The van der Waals surface area contributed by atoms with Crippen molar-refractivity contribution in [2.75, 3.05) is 14.2 Å². The summed E-state index contributed by atoms with van der Waals surface area (Å²) in [4.78, 5) is 4.10. The maximum atomic E-state index is 5.09. The molecule has 0 saturated carbocycles. The summed E-state index contributed by atoms with van der Waals surface area (Å²) in [7, 11) is 3.45. The van der Waals surface area contributed by atoms with Gasteiger partial charge in [0.2, 0.25) is 0 Å². The fourth-order valence-electron chi connectivity index (χ4n) is 0.977. The summed E-state index contributed by atoms with van der Waals surface area (Å²) in [5, 5.41) is 0. The van der Waals surface area contributed by atoms with Gasteiger partial charge in [0.1, 0.15) is 5.75 Å². The average Bonchev–Trinajstić information content (AvgIpc) is 2.17. The van der Waals surface area contributed by atoms with Gasteiger partial charge in [-0.15, -0.1) is 0 Å². The van der Waals surface area contributed by atoms with Crippen molar-refractivity contribution in [2.24, 2.45) is 4.99 Å². The van der Waals surface area contributed by atoms with Crippen molar-refractivity contribution in [3.05, 3.63) is 29.8 Å². The van der Waals surface area contributed by atoms with Gasteiger partial charge in [-0.2, -0.15) is 0 Å². The monoisotopic (exact) mass is 163 g/mol. The third-order valence-electron chi connectivity index (χ3n) is 1.82. The molecule has 0 aliphatic carbocycles. The molecule has 1 rings (SSSR count). The number of methoxy groups -OCH3 is 1. The topological polar surface area (TPSA) is 21.6 Å². The van der Waals surface area contributed by atoms with Crippen LogP contribution in [0.2, 0.25) is 0 Å². The summed E-state index contributed by atoms with van der Waals surface area (Å²) >= 11 is 0. The Bertz CT molecular complexity index is 292. The van der Waals surface area contributed by atoms with E-state index in [1.807, 2.05) is 31.2 Å². The third kappa shape index (κ3) is 1.84. The smallest absolute Gasteiger partial charge is 0.119 e. The fraction of sp³-hybridized carbons (Fsp3) is 0.300. The number of ether oxygens (including phenoxy) is 1. The first-order chi connectivity index (χ1) is 5.77. The van der Waals surface area contributed by atoms with E-state index in [2.05, 4.69) is 4.99 Å². The Kier molecular flexibility index (Phi) is 2.86. The summed E-state index contributed by atoms with van der Waals surface area (Å²) in [5.41, 5.74) is 2.13. The van der Waals surface area contributed by atoms with Gasteiger partial charge >= 0.3 is 0 Å². The van der Waals surface area contributed by atoms with Crippen molar-refractivity contribution in [3.8, 4) is 5.75 Å². The Labute approximate surface area is 72.9 Å². The Morgan fingerprint density at radius 3 is 2.75 bits per heavy atom. The number of aliphatic imine (C=N–C) groups is 1. The van der Waals surface area contributed by atoms with Crippen LogP contribution in [0.15, 0.2) is 29.3 Å². The molecule has 0 heterocycles. The molecule has 0 aliphatic rings. The summed E-state index contributed by atoms with van der Waals surface area (Å²) in [6, 6.07) is 7.88. The molecule has 0 aromatic heterocycles. The standard InChI is InChI=1S/C10H13NO/c1-8(11-2)9-5-4-6-10(7-9)12-3/h4-7H,1-3H3/b11-8+. The highest BCUT2D eigenvalue weighted by Crippen LogP contribution is 2.12. The summed E-state index contributed by atoms with van der Waals surface area (Å²) in [6.07, 6.45) is 0. The molecule has 0 atom stereocenters. The first kappa shape index (κ1) is 8.78. The first-order valence-corrected chi connectivity index (χ1v) is 3.85. The predicted octanol–water partition coefficient (Wildman–Crippen LogP) is 2.13. The lowest BCUT2D eigenvalue weighted by Gasteiger charge is -2.02. The maximum absolute atomic E-state index is 5.09. The molecule has 64 valence electrons. The Morgan fingerprint density at radius 2 is 2.17 bits per heavy atom. The fourth-order valence-corrected chi connectivity index (χ4v) is 0.977. The maximum Gasteiger partial charge on any atom is 0.119 e. The minimum atomic E-state index is 0.871. The number of benzene rings is 1. The zero-order chi connectivity index (χ0) is 8.97. The van der Waals surface area contributed by atoms with E-state index in [0.717, 1.165) is 17.0 Å². The third-order valence-corrected chi connectivity index (χ3v) is 1.82. The van der Waals surface area contributed by atoms with Crippen LogP contribution in [0.25, 0.3) is 0 Å². The SMILES string of the molecule is C/N=C(\C)c1cccc(OC)c1. The highest BCUT2D eigenvalue weighted by Gasteiger charge is 1.96. The number of rotatable bonds is 2. The average molecular weight is 163 g/mol. The molecule has 2 nitrogen and oxygen atoms in total. The number of hydrogen-bond acceptors (Lipinski definition) is 2. The lowest BCUT2D eigenvalue weighted by atomic mass is 10.1. The number of hydrogen-bond donors (Lipinski definition) is 0. The molecule has 0 N–H and O–H groups in total. The number of nitrogens with zero attached hydrogens (tertiary/aromatic N) is 1. The summed E-state index contributed by atoms with van der Waals surface area (Å²) in [5.74, 6) is 0.871. The lowest BCUT2D eigenvalue weighted by Crippen LogP contribution is -1.94. The van der Waals surface area contributed by atoms with Gasteiger partial charge in [0.25, 0.3) is 0 Å². The molecule has 1 aromatic carbocycles. The van der Waals surface area contributed by atoms with E-state index in [0.29, 0.717) is 0 Å². The largest absolute Gasteiger partial charge is 0.497 e. The van der Waals surface area contributed by atoms with Crippen molar-refractivity contribution < 1.29 is 4.74 Å². The van der Waals surface area contributed by atoms with E-state index in [-0.39, 0.29) is 0 Å². The van der Waals surface area contributed by atoms with E-state index in [4.69, 9.17) is 4.74 Å². The van der Waals surface area contributed by atoms with Crippen LogP contribution in [0.1, 0.15) is 12.5 Å². The van der Waals surface area contributed by atoms with Crippen LogP contribution in [0.4, 0.5) is 0 Å². The minimum absolute atomic E-state index is 0.871. The van der Waals surface area contributed by atoms with Crippen LogP contribution < -0.4 is 4.74 Å². The van der Waals surface area contributed by atoms with Crippen molar-refractivity contribution in [2.45, 2.75) is 6.92 Å². The van der Waals surface area contributed by atoms with Crippen LogP contribution in [0.5, 0.6) is 5.75 Å². The second-order valence-corrected chi connectivity index (χ2v) is 2.54. The molecule has 0 radical (unpaired) electrons. The van der Waals surface area contributed by atoms with Gasteiger partial charge in [-0.05, 0) is 24.6 Å². The lowest BCUT2D eigenvalue weighted by molar-refractivity contribution is 0.414. The van der Waals surface area contributed by atoms with Gasteiger partial charge in [-0.3, -0.25) is 4.99 Å². The second kappa shape index (κ2) is 3.90. The van der Waals surface area contributed by atoms with Gasteiger partial charge in [0.15, 0.2) is 0 Å². The predicted molar refractivity (Wildman–Crippen MR) is 51.1 cm³/mol. The van der Waals surface area contributed by atoms with E-state index < -0.39 is 0 Å². The van der Waals surface area contributed by atoms with Gasteiger partial charge in [0.05, 0.1) is 7.11 Å². The molecule has 0 fully saturated rings. The van der Waals surface area contributed by atoms with E-state index in [9.17, 15) is 0 Å². The summed E-state index contributed by atoms with van der Waals surface area (Å²) < 4.78 is 5.09. The van der Waals surface area contributed by atoms with Crippen LogP contribution in [-0.4, -0.2) is 19.9 Å². The normalized spacial score (nSPS) is 11.4. The zero-order valence-corrected chi connectivity index (χ0v) is 7.66. The van der Waals surface area contributed by atoms with Crippen LogP contribution in [0.3, 0.4) is 0 Å². The van der Waals surface area contributed by atoms with Crippen molar-refractivity contribution in [1.82, 2.24) is 0 Å². The van der Waals surface area contributed by atoms with E-state index in [1.54, 1.807) is 14.2 Å². The second-order valence-electron chi connectivity index (χ2n) is 2.54. The molecular formula is C10H13NO. The Balaban J connectivity index is 3.02. The van der Waals surface area contributed by atoms with Crippen LogP contribution >= 0.6 is 0 Å². The van der Waals surface area contributed by atoms with Crippen molar-refractivity contribution in [1.29, 1.82) is 0 Å². The van der Waals surface area contributed by atoms with Crippen LogP contribution in [-0.2, 0) is 0 Å².